The topological polar surface area (TPSA) is 288 Å². The highest BCUT2D eigenvalue weighted by molar-refractivity contribution is 5.99. The number of likely N-dealkylation sites (N-methyl/N-ethyl adjacent to an activating group) is 6. The van der Waals surface area contributed by atoms with Crippen molar-refractivity contribution in [3.8, 4) is 0 Å². The minimum absolute atomic E-state index is 0.0224. The van der Waals surface area contributed by atoms with Crippen molar-refractivity contribution in [2.45, 2.75) is 223 Å². The number of allylic oxidation sites excluding steroid dienone is 2. The Morgan fingerprint density at radius 3 is 1.35 bits per heavy atom. The quantitative estimate of drug-likeness (QED) is 0.129. The molecule has 12 atom stereocenters. The predicted octanol–water partition coefficient (Wildman–Crippen LogP) is 2.93. The highest BCUT2D eigenvalue weighted by Crippen LogP contribution is 2.24. The van der Waals surface area contributed by atoms with Crippen LogP contribution < -0.4 is 26.6 Å². The average molecular weight is 1190 g/mol. The number of carbonyl (C=O) groups excluding carboxylic acids is 11. The predicted molar refractivity (Wildman–Crippen MR) is 324 cm³/mol. The molecule has 12 unspecified atom stereocenters. The first-order valence-corrected chi connectivity index (χ1v) is 30.2. The second kappa shape index (κ2) is 34.7. The van der Waals surface area contributed by atoms with Gasteiger partial charge in [-0.1, -0.05) is 109 Å². The summed E-state index contributed by atoms with van der Waals surface area (Å²) >= 11 is 0. The molecule has 0 aromatic carbocycles. The van der Waals surface area contributed by atoms with Crippen molar-refractivity contribution in [2.75, 3.05) is 48.8 Å². The zero-order valence-corrected chi connectivity index (χ0v) is 55.1. The lowest BCUT2D eigenvalue weighted by molar-refractivity contribution is -0.154. The molecule has 84 heavy (non-hydrogen) atoms. The number of nitrogens with zero attached hydrogens (tertiary/aromatic N) is 6. The van der Waals surface area contributed by atoms with Gasteiger partial charge in [0.2, 0.25) is 65.0 Å². The van der Waals surface area contributed by atoms with Gasteiger partial charge in [-0.15, -0.1) is 0 Å². The van der Waals surface area contributed by atoms with E-state index in [-0.39, 0.29) is 55.8 Å². The highest BCUT2D eigenvalue weighted by atomic mass is 16.3. The van der Waals surface area contributed by atoms with Crippen LogP contribution in [0.3, 0.4) is 0 Å². The molecule has 11 amide bonds. The first-order valence-electron chi connectivity index (χ1n) is 30.2. The summed E-state index contributed by atoms with van der Waals surface area (Å²) in [6, 6.07) is -12.4. The molecule has 0 saturated carbocycles. The Morgan fingerprint density at radius 2 is 0.893 bits per heavy atom. The summed E-state index contributed by atoms with van der Waals surface area (Å²) in [5.41, 5.74) is 0. The third-order valence-electron chi connectivity index (χ3n) is 15.6. The number of hydrogen-bond acceptors (Lipinski definition) is 12. The number of carbonyl (C=O) groups is 11. The molecule has 480 valence electrons. The van der Waals surface area contributed by atoms with Crippen molar-refractivity contribution in [1.82, 2.24) is 56.0 Å². The maximum atomic E-state index is 15.0. The molecule has 1 saturated heterocycles. The maximum Gasteiger partial charge on any atom is 0.246 e. The van der Waals surface area contributed by atoms with Gasteiger partial charge in [-0.25, -0.2) is 0 Å². The van der Waals surface area contributed by atoms with Gasteiger partial charge in [-0.05, 0) is 101 Å². The van der Waals surface area contributed by atoms with Crippen LogP contribution in [0.5, 0.6) is 0 Å². The van der Waals surface area contributed by atoms with Crippen LogP contribution in [0.1, 0.15) is 156 Å². The van der Waals surface area contributed by atoms with Crippen LogP contribution in [0.2, 0.25) is 0 Å². The standard InChI is InChI=1S/C61H109N11O12/c1-24-26-27-39(15)51(74)50-56(79)64-42(25-2)58(81)67(18)32-47(73)68(19)44(29-34(5)6)55(78)66-48(37(11)12)60(83)70(21)45(30-35(7)8)53(76)62-40(16)52(75)63-41(17)57(80)69(20)46(31-36(9)10)54(77)65-43(28-33(3)4)59(82)71(22)49(38(13)14)61(84)72(50)23/h24,26,33-46,48-51,74H,25,27-32H2,1-23H3,(H,62,76)(H,63,75)(H,64,79)(H,65,77)(H,66,78). The smallest absolute Gasteiger partial charge is 0.246 e. The normalized spacial score (nSPS) is 27.0. The summed E-state index contributed by atoms with van der Waals surface area (Å²) in [6.07, 6.45) is 3.00. The number of hydrogen-bond donors (Lipinski definition) is 6. The summed E-state index contributed by atoms with van der Waals surface area (Å²) in [7, 11) is 8.39. The van der Waals surface area contributed by atoms with Crippen molar-refractivity contribution in [3.05, 3.63) is 12.2 Å². The van der Waals surface area contributed by atoms with Crippen LogP contribution >= 0.6 is 0 Å². The minimum Gasteiger partial charge on any atom is -0.390 e. The van der Waals surface area contributed by atoms with Gasteiger partial charge in [0.1, 0.15) is 60.4 Å². The van der Waals surface area contributed by atoms with E-state index in [0.29, 0.717) is 6.42 Å². The summed E-state index contributed by atoms with van der Waals surface area (Å²) < 4.78 is 0. The van der Waals surface area contributed by atoms with E-state index in [9.17, 15) is 53.1 Å². The lowest BCUT2D eigenvalue weighted by Gasteiger charge is -2.40. The van der Waals surface area contributed by atoms with Gasteiger partial charge < -0.3 is 61.1 Å². The van der Waals surface area contributed by atoms with E-state index >= 15 is 4.79 Å². The zero-order valence-electron chi connectivity index (χ0n) is 55.1. The van der Waals surface area contributed by atoms with E-state index in [1.54, 1.807) is 60.6 Å². The van der Waals surface area contributed by atoms with Crippen LogP contribution in [-0.4, -0.2) is 215 Å². The lowest BCUT2D eigenvalue weighted by Crippen LogP contribution is -2.63. The molecule has 0 bridgehead atoms. The molecule has 23 heteroatoms. The number of nitrogens with one attached hydrogen (secondary N) is 5. The van der Waals surface area contributed by atoms with E-state index in [4.69, 9.17) is 0 Å². The second-order valence-corrected chi connectivity index (χ2v) is 25.7. The molecule has 1 aliphatic rings. The molecule has 1 fully saturated rings. The molecule has 0 aromatic rings. The van der Waals surface area contributed by atoms with E-state index in [0.717, 1.165) is 9.80 Å². The van der Waals surface area contributed by atoms with Crippen LogP contribution in [0.25, 0.3) is 0 Å². The Labute approximate surface area is 502 Å². The molecule has 6 N–H and O–H groups in total. The Balaban J connectivity index is 4.27. The van der Waals surface area contributed by atoms with Crippen molar-refractivity contribution in [1.29, 1.82) is 0 Å². The third-order valence-corrected chi connectivity index (χ3v) is 15.6. The van der Waals surface area contributed by atoms with Gasteiger partial charge in [0.15, 0.2) is 0 Å². The van der Waals surface area contributed by atoms with Crippen molar-refractivity contribution >= 4 is 65.0 Å². The summed E-state index contributed by atoms with van der Waals surface area (Å²) in [5.74, 6) is -9.87. The largest absolute Gasteiger partial charge is 0.390 e. The summed E-state index contributed by atoms with van der Waals surface area (Å²) in [6.45, 7) is 29.2. The van der Waals surface area contributed by atoms with Crippen LogP contribution in [-0.2, 0) is 52.7 Å². The Kier molecular flexibility index (Phi) is 31.4. The minimum atomic E-state index is -1.61. The monoisotopic (exact) mass is 1190 g/mol. The van der Waals surface area contributed by atoms with Crippen molar-refractivity contribution < 1.29 is 57.8 Å². The maximum absolute atomic E-state index is 15.0. The Bertz CT molecular complexity index is 2290. The molecule has 0 radical (unpaired) electrons. The van der Waals surface area contributed by atoms with Gasteiger partial charge >= 0.3 is 0 Å². The van der Waals surface area contributed by atoms with Crippen LogP contribution in [0, 0.1) is 41.4 Å². The molecule has 0 spiro atoms. The first kappa shape index (κ1) is 75.9. The van der Waals surface area contributed by atoms with Gasteiger partial charge in [0.05, 0.1) is 12.6 Å². The van der Waals surface area contributed by atoms with E-state index in [1.165, 1.54) is 75.7 Å². The van der Waals surface area contributed by atoms with Crippen molar-refractivity contribution in [3.63, 3.8) is 0 Å². The zero-order chi connectivity index (χ0) is 65.1. The molecule has 1 heterocycles. The third kappa shape index (κ3) is 21.7. The summed E-state index contributed by atoms with van der Waals surface area (Å²) in [5, 5.41) is 25.9. The second-order valence-electron chi connectivity index (χ2n) is 25.7. The number of aliphatic hydroxyl groups excluding tert-OH is 1. The van der Waals surface area contributed by atoms with E-state index in [2.05, 4.69) is 26.6 Å². The van der Waals surface area contributed by atoms with Crippen LogP contribution in [0.15, 0.2) is 12.2 Å². The fourth-order valence-corrected chi connectivity index (χ4v) is 10.4. The fourth-order valence-electron chi connectivity index (χ4n) is 10.4. The lowest BCUT2D eigenvalue weighted by atomic mass is 9.91. The van der Waals surface area contributed by atoms with Gasteiger partial charge in [-0.2, -0.15) is 0 Å². The molecule has 0 aromatic heterocycles. The summed E-state index contributed by atoms with van der Waals surface area (Å²) in [4.78, 5) is 166. The van der Waals surface area contributed by atoms with Gasteiger partial charge in [-0.3, -0.25) is 52.7 Å². The molecular formula is C61H109N11O12. The number of aliphatic hydroxyl groups is 1. The molecule has 1 aliphatic heterocycles. The Hall–Kier alpha value is -6.13. The SMILES string of the molecule is CC=CCC(C)C(O)C1C(=O)NC(CC)C(=O)N(C)CC(=O)N(C)C(CC(C)C)C(=O)NC(C(C)C)C(=O)N(C)C(CC(C)C)C(=O)NC(C)C(=O)NC(C)C(=O)N(C)C(CC(C)C)C(=O)NC(CC(C)C)C(=O)N(C)C(C(C)C)C(=O)N1C. The Morgan fingerprint density at radius 1 is 0.464 bits per heavy atom. The van der Waals surface area contributed by atoms with E-state index in [1.807, 2.05) is 55.4 Å². The van der Waals surface area contributed by atoms with Crippen LogP contribution in [0.4, 0.5) is 0 Å². The molecule has 0 aliphatic carbocycles. The molecule has 23 nitrogen and oxygen atoms in total. The molecule has 1 rings (SSSR count). The molecular weight excluding hydrogens is 1080 g/mol. The fraction of sp³-hybridized carbons (Fsp3) is 0.787. The van der Waals surface area contributed by atoms with Gasteiger partial charge in [0, 0.05) is 42.3 Å². The first-order chi connectivity index (χ1) is 38.8. The van der Waals surface area contributed by atoms with E-state index < -0.39 is 156 Å². The average Bonchev–Trinajstić information content (AvgIpc) is 3.47. The number of rotatable bonds is 15. The number of amides is 11. The van der Waals surface area contributed by atoms with Gasteiger partial charge in [0.25, 0.3) is 0 Å². The van der Waals surface area contributed by atoms with Crippen molar-refractivity contribution in [2.24, 2.45) is 41.4 Å². The highest BCUT2D eigenvalue weighted by Gasteiger charge is 2.45.